The lowest BCUT2D eigenvalue weighted by Gasteiger charge is -2.13. The maximum absolute atomic E-state index is 11.1. The van der Waals surface area contributed by atoms with Gasteiger partial charge in [-0.25, -0.2) is 0 Å². The molecule has 76 valence electrons. The predicted molar refractivity (Wildman–Crippen MR) is 50.0 cm³/mol. The zero-order valence-electron chi connectivity index (χ0n) is 7.83. The molecule has 1 aliphatic carbocycles. The Morgan fingerprint density at radius 2 is 2.15 bits per heavy atom. The molecule has 0 radical (unpaired) electrons. The molecule has 0 saturated heterocycles. The third kappa shape index (κ3) is 3.32. The second-order valence-corrected chi connectivity index (χ2v) is 3.68. The van der Waals surface area contributed by atoms with E-state index in [1.807, 2.05) is 0 Å². The van der Waals surface area contributed by atoms with Crippen LogP contribution in [0, 0.1) is 5.92 Å². The van der Waals surface area contributed by atoms with Gasteiger partial charge in [-0.05, 0) is 18.8 Å². The van der Waals surface area contributed by atoms with Crippen LogP contribution in [0.3, 0.4) is 0 Å². The Balaban J connectivity index is 2.13. The third-order valence-corrected chi connectivity index (χ3v) is 2.57. The molecule has 0 heterocycles. The molecule has 13 heavy (non-hydrogen) atoms. The zero-order chi connectivity index (χ0) is 9.68. The number of aliphatic hydroxyl groups excluding tert-OH is 1. The van der Waals surface area contributed by atoms with Crippen molar-refractivity contribution in [1.82, 2.24) is 5.32 Å². The van der Waals surface area contributed by atoms with Crippen molar-refractivity contribution in [2.75, 3.05) is 13.2 Å². The van der Waals surface area contributed by atoms with Crippen LogP contribution in [0.4, 0.5) is 0 Å². The fourth-order valence-corrected chi connectivity index (χ4v) is 1.67. The van der Waals surface area contributed by atoms with E-state index in [4.69, 9.17) is 10.8 Å². The Bertz CT molecular complexity index is 167. The first-order valence-corrected chi connectivity index (χ1v) is 4.88. The van der Waals surface area contributed by atoms with Gasteiger partial charge in [0.15, 0.2) is 0 Å². The summed E-state index contributed by atoms with van der Waals surface area (Å²) in [7, 11) is 0. The quantitative estimate of drug-likeness (QED) is 0.560. The van der Waals surface area contributed by atoms with Crippen LogP contribution < -0.4 is 11.1 Å². The van der Waals surface area contributed by atoms with Crippen molar-refractivity contribution in [3.8, 4) is 0 Å². The fourth-order valence-electron chi connectivity index (χ4n) is 1.67. The van der Waals surface area contributed by atoms with Crippen molar-refractivity contribution in [1.29, 1.82) is 0 Å². The van der Waals surface area contributed by atoms with Crippen LogP contribution in [-0.4, -0.2) is 30.2 Å². The van der Waals surface area contributed by atoms with Gasteiger partial charge in [-0.1, -0.05) is 12.8 Å². The summed E-state index contributed by atoms with van der Waals surface area (Å²) in [5.41, 5.74) is 5.34. The SMILES string of the molecule is NC(CO)C(=O)NCC1CCCC1. The molecule has 1 unspecified atom stereocenters. The molecule has 0 aliphatic heterocycles. The highest BCUT2D eigenvalue weighted by atomic mass is 16.3. The summed E-state index contributed by atoms with van der Waals surface area (Å²) in [6.45, 7) is 0.434. The Hall–Kier alpha value is -0.610. The number of nitrogens with one attached hydrogen (secondary N) is 1. The zero-order valence-corrected chi connectivity index (χ0v) is 7.83. The molecule has 0 bridgehead atoms. The van der Waals surface area contributed by atoms with Gasteiger partial charge in [-0.3, -0.25) is 4.79 Å². The molecule has 1 saturated carbocycles. The first kappa shape index (κ1) is 10.5. The van der Waals surface area contributed by atoms with E-state index in [1.54, 1.807) is 0 Å². The summed E-state index contributed by atoms with van der Waals surface area (Å²) in [4.78, 5) is 11.1. The predicted octanol–water partition coefficient (Wildman–Crippen LogP) is -0.388. The van der Waals surface area contributed by atoms with Gasteiger partial charge < -0.3 is 16.2 Å². The smallest absolute Gasteiger partial charge is 0.239 e. The first-order valence-electron chi connectivity index (χ1n) is 4.88. The molecular formula is C9H18N2O2. The highest BCUT2D eigenvalue weighted by Crippen LogP contribution is 2.23. The minimum absolute atomic E-state index is 0.241. The number of nitrogens with two attached hydrogens (primary N) is 1. The van der Waals surface area contributed by atoms with E-state index >= 15 is 0 Å². The molecule has 1 aliphatic rings. The Morgan fingerprint density at radius 1 is 1.54 bits per heavy atom. The Morgan fingerprint density at radius 3 is 2.69 bits per heavy atom. The van der Waals surface area contributed by atoms with E-state index in [1.165, 1.54) is 25.7 Å². The number of amides is 1. The summed E-state index contributed by atoms with van der Waals surface area (Å²) in [5.74, 6) is 0.379. The third-order valence-electron chi connectivity index (χ3n) is 2.57. The standard InChI is InChI=1S/C9H18N2O2/c10-8(6-12)9(13)11-5-7-3-1-2-4-7/h7-8,12H,1-6,10H2,(H,11,13). The lowest BCUT2D eigenvalue weighted by atomic mass is 10.1. The molecule has 1 fully saturated rings. The number of carbonyl (C=O) groups is 1. The van der Waals surface area contributed by atoms with Crippen molar-refractivity contribution in [3.63, 3.8) is 0 Å². The fraction of sp³-hybridized carbons (Fsp3) is 0.889. The number of hydrogen-bond acceptors (Lipinski definition) is 3. The Labute approximate surface area is 78.5 Å². The molecule has 4 nitrogen and oxygen atoms in total. The second kappa shape index (κ2) is 5.19. The molecular weight excluding hydrogens is 168 g/mol. The first-order chi connectivity index (χ1) is 6.24. The normalized spacial score (nSPS) is 20.2. The lowest BCUT2D eigenvalue weighted by molar-refractivity contribution is -0.123. The number of rotatable bonds is 4. The molecule has 0 aromatic rings. The lowest BCUT2D eigenvalue weighted by Crippen LogP contribution is -2.44. The molecule has 0 aromatic carbocycles. The van der Waals surface area contributed by atoms with Crippen LogP contribution in [-0.2, 0) is 4.79 Å². The topological polar surface area (TPSA) is 75.3 Å². The van der Waals surface area contributed by atoms with Crippen molar-refractivity contribution < 1.29 is 9.90 Å². The van der Waals surface area contributed by atoms with Crippen LogP contribution in [0.1, 0.15) is 25.7 Å². The minimum Gasteiger partial charge on any atom is -0.394 e. The minimum atomic E-state index is -0.763. The van der Waals surface area contributed by atoms with Crippen molar-refractivity contribution >= 4 is 5.91 Å². The maximum Gasteiger partial charge on any atom is 0.239 e. The van der Waals surface area contributed by atoms with Gasteiger partial charge in [0.25, 0.3) is 0 Å². The van der Waals surface area contributed by atoms with E-state index in [2.05, 4.69) is 5.32 Å². The molecule has 1 amide bonds. The average molecular weight is 186 g/mol. The van der Waals surface area contributed by atoms with E-state index in [0.29, 0.717) is 12.5 Å². The molecule has 1 atom stereocenters. The summed E-state index contributed by atoms with van der Waals surface area (Å²) in [5, 5.41) is 11.4. The molecule has 0 aromatic heterocycles. The summed E-state index contributed by atoms with van der Waals surface area (Å²) < 4.78 is 0. The number of hydrogen-bond donors (Lipinski definition) is 3. The average Bonchev–Trinajstić information content (AvgIpc) is 2.65. The summed E-state index contributed by atoms with van der Waals surface area (Å²) in [6, 6.07) is -0.763. The van der Waals surface area contributed by atoms with E-state index in [-0.39, 0.29) is 12.5 Å². The van der Waals surface area contributed by atoms with E-state index in [0.717, 1.165) is 0 Å². The van der Waals surface area contributed by atoms with Crippen LogP contribution in [0.15, 0.2) is 0 Å². The van der Waals surface area contributed by atoms with Gasteiger partial charge in [0.1, 0.15) is 6.04 Å². The van der Waals surface area contributed by atoms with Crippen LogP contribution in [0.2, 0.25) is 0 Å². The molecule has 4 heteroatoms. The van der Waals surface area contributed by atoms with Gasteiger partial charge in [-0.2, -0.15) is 0 Å². The van der Waals surface area contributed by atoms with E-state index in [9.17, 15) is 4.79 Å². The summed E-state index contributed by atoms with van der Waals surface area (Å²) >= 11 is 0. The van der Waals surface area contributed by atoms with Crippen LogP contribution >= 0.6 is 0 Å². The summed E-state index contributed by atoms with van der Waals surface area (Å²) in [6.07, 6.45) is 4.95. The van der Waals surface area contributed by atoms with Crippen LogP contribution in [0.25, 0.3) is 0 Å². The van der Waals surface area contributed by atoms with E-state index < -0.39 is 6.04 Å². The molecule has 0 spiro atoms. The largest absolute Gasteiger partial charge is 0.394 e. The van der Waals surface area contributed by atoms with Crippen molar-refractivity contribution in [2.24, 2.45) is 11.7 Å². The van der Waals surface area contributed by atoms with Gasteiger partial charge in [-0.15, -0.1) is 0 Å². The van der Waals surface area contributed by atoms with Gasteiger partial charge in [0, 0.05) is 6.54 Å². The number of aliphatic hydroxyl groups is 1. The van der Waals surface area contributed by atoms with Gasteiger partial charge in [0.2, 0.25) is 5.91 Å². The molecule has 1 rings (SSSR count). The second-order valence-electron chi connectivity index (χ2n) is 3.68. The maximum atomic E-state index is 11.1. The highest BCUT2D eigenvalue weighted by molar-refractivity contribution is 5.81. The Kier molecular flexibility index (Phi) is 4.18. The van der Waals surface area contributed by atoms with Gasteiger partial charge >= 0.3 is 0 Å². The van der Waals surface area contributed by atoms with Crippen molar-refractivity contribution in [2.45, 2.75) is 31.7 Å². The number of carbonyl (C=O) groups excluding carboxylic acids is 1. The monoisotopic (exact) mass is 186 g/mol. The van der Waals surface area contributed by atoms with Crippen LogP contribution in [0.5, 0.6) is 0 Å². The van der Waals surface area contributed by atoms with Gasteiger partial charge in [0.05, 0.1) is 6.61 Å². The van der Waals surface area contributed by atoms with Crippen molar-refractivity contribution in [3.05, 3.63) is 0 Å². The highest BCUT2D eigenvalue weighted by Gasteiger charge is 2.17. The molecule has 4 N–H and O–H groups in total.